The van der Waals surface area contributed by atoms with E-state index in [1.807, 2.05) is 11.4 Å². The fourth-order valence-electron chi connectivity index (χ4n) is 9.83. The normalized spacial score (nSPS) is 16.0. The molecule has 510 valence electrons. The first-order valence-corrected chi connectivity index (χ1v) is 34.4. The molecular formula is C54H78N12O22S4. The molecule has 0 saturated carbocycles. The molecule has 1 unspecified atom stereocenters. The van der Waals surface area contributed by atoms with Crippen LogP contribution < -0.4 is 41.4 Å². The Morgan fingerprint density at radius 1 is 0.641 bits per heavy atom. The molecule has 4 heterocycles. The third kappa shape index (κ3) is 27.0. The summed E-state index contributed by atoms with van der Waals surface area (Å²) in [5.41, 5.74) is 2.44. The second kappa shape index (κ2) is 35.5. The lowest BCUT2D eigenvalue weighted by Crippen LogP contribution is -2.58. The van der Waals surface area contributed by atoms with E-state index in [1.54, 1.807) is 12.1 Å². The smallest absolute Gasteiger partial charge is 0.323 e. The highest BCUT2D eigenvalue weighted by atomic mass is 32.2. The number of amides is 5. The maximum Gasteiger partial charge on any atom is 0.323 e. The molecule has 2 aliphatic rings. The number of anilines is 1. The molecular weight excluding hydrogens is 1300 g/mol. The van der Waals surface area contributed by atoms with Gasteiger partial charge in [-0.05, 0) is 93.0 Å². The molecule has 34 nitrogen and oxygen atoms in total. The number of carboxylic acids is 4. The highest BCUT2D eigenvalue weighted by Gasteiger charge is 2.34. The van der Waals surface area contributed by atoms with Crippen LogP contribution in [0, 0.1) is 13.8 Å². The van der Waals surface area contributed by atoms with Crippen molar-refractivity contribution in [2.45, 2.75) is 75.4 Å². The zero-order chi connectivity index (χ0) is 67.9. The van der Waals surface area contributed by atoms with Crippen LogP contribution in [0.15, 0.2) is 41.3 Å². The van der Waals surface area contributed by atoms with Gasteiger partial charge in [0.15, 0.2) is 0 Å². The lowest BCUT2D eigenvalue weighted by molar-refractivity contribution is -0.140. The number of ether oxygens (including phenoxy) is 1. The summed E-state index contributed by atoms with van der Waals surface area (Å²) >= 11 is 1.23. The summed E-state index contributed by atoms with van der Waals surface area (Å²) in [7, 11) is -14.7. The van der Waals surface area contributed by atoms with E-state index in [0.29, 0.717) is 17.7 Å². The molecule has 3 atom stereocenters. The molecule has 0 radical (unpaired) electrons. The fourth-order valence-corrected chi connectivity index (χ4v) is 13.7. The Hall–Kier alpha value is -7.53. The predicted molar refractivity (Wildman–Crippen MR) is 329 cm³/mol. The highest BCUT2D eigenvalue weighted by Crippen LogP contribution is 2.27. The third-order valence-electron chi connectivity index (χ3n) is 14.2. The number of rotatable bonds is 34. The minimum Gasteiger partial charge on any atom is -0.494 e. The van der Waals surface area contributed by atoms with Crippen molar-refractivity contribution in [2.24, 2.45) is 0 Å². The summed E-state index contributed by atoms with van der Waals surface area (Å²) in [5, 5.41) is 53.0. The molecule has 1 fully saturated rings. The van der Waals surface area contributed by atoms with Crippen molar-refractivity contribution in [3.8, 4) is 5.75 Å². The van der Waals surface area contributed by atoms with Crippen LogP contribution in [0.4, 0.5) is 5.82 Å². The first kappa shape index (κ1) is 75.2. The van der Waals surface area contributed by atoms with E-state index in [4.69, 9.17) is 9.72 Å². The van der Waals surface area contributed by atoms with Crippen LogP contribution in [0.1, 0.15) is 56.2 Å². The Morgan fingerprint density at radius 2 is 1.17 bits per heavy atom. The van der Waals surface area contributed by atoms with Gasteiger partial charge in [-0.2, -0.15) is 21.6 Å². The predicted octanol–water partition coefficient (Wildman–Crippen LogP) is -3.32. The number of sulfonamides is 1. The number of fused-ring (bicyclic) bond motifs is 1. The number of nitrogens with zero attached hydrogens (tertiary/aromatic N) is 5. The average Bonchev–Trinajstić information content (AvgIpc) is 0.910. The van der Waals surface area contributed by atoms with Crippen LogP contribution in [0.25, 0.3) is 0 Å². The van der Waals surface area contributed by atoms with Crippen molar-refractivity contribution in [1.29, 1.82) is 0 Å². The van der Waals surface area contributed by atoms with Gasteiger partial charge in [0.1, 0.15) is 41.2 Å². The van der Waals surface area contributed by atoms with Gasteiger partial charge in [-0.15, -0.1) is 11.3 Å². The number of carbonyl (C=O) groups excluding carboxylic acids is 5. The van der Waals surface area contributed by atoms with E-state index in [-0.39, 0.29) is 100 Å². The Morgan fingerprint density at radius 3 is 1.71 bits per heavy atom. The van der Waals surface area contributed by atoms with Crippen LogP contribution in [-0.4, -0.2) is 274 Å². The number of pyridine rings is 1. The van der Waals surface area contributed by atoms with Gasteiger partial charge in [0.2, 0.25) is 33.7 Å². The number of hydrogen-bond donors (Lipinski definition) is 13. The summed E-state index contributed by atoms with van der Waals surface area (Å²) in [6.45, 7) is 0.440. The number of benzene rings is 1. The third-order valence-corrected chi connectivity index (χ3v) is 18.6. The molecule has 3 aromatic rings. The van der Waals surface area contributed by atoms with Crippen molar-refractivity contribution in [3.63, 3.8) is 0 Å². The SMILES string of the molecule is Cc1cc(OCCCC(=O)NCCNC(=O)[C@H](CS(=O)(=O)O)NC(=O)C(CS(=O)(=O)O)NC(=O)CN2CCN(CC(=O)O)CCN(CC(=O)O)CCN(CC(=O)O)CC2)cc(C)c1S(=O)(=O)N[C@@H](CNC(=O)c1ccc(CCc2ccc3c(n2)NCCC3)s1)C(=O)O. The fraction of sp³-hybridized carbons (Fsp3) is 0.556. The van der Waals surface area contributed by atoms with E-state index >= 15 is 0 Å². The summed E-state index contributed by atoms with van der Waals surface area (Å²) in [5.74, 6) is -12.1. The molecule has 5 amide bonds. The van der Waals surface area contributed by atoms with Gasteiger partial charge in [-0.25, -0.2) is 13.4 Å². The van der Waals surface area contributed by atoms with Gasteiger partial charge >= 0.3 is 23.9 Å². The Bertz CT molecular complexity index is 3430. The minimum absolute atomic E-state index is 0.0320. The van der Waals surface area contributed by atoms with Gasteiger partial charge in [-0.1, -0.05) is 6.07 Å². The molecule has 0 spiro atoms. The van der Waals surface area contributed by atoms with Crippen molar-refractivity contribution >= 4 is 101 Å². The van der Waals surface area contributed by atoms with Crippen LogP contribution >= 0.6 is 11.3 Å². The summed E-state index contributed by atoms with van der Waals surface area (Å²) in [6, 6.07) is 4.12. The average molecular weight is 1380 g/mol. The second-order valence-electron chi connectivity index (χ2n) is 21.8. The van der Waals surface area contributed by atoms with Crippen molar-refractivity contribution < 1.29 is 103 Å². The van der Waals surface area contributed by atoms with Gasteiger partial charge < -0.3 is 57.1 Å². The summed E-state index contributed by atoms with van der Waals surface area (Å²) in [6.07, 6.45) is 3.22. The van der Waals surface area contributed by atoms with Gasteiger partial charge in [0.05, 0.1) is 42.6 Å². The van der Waals surface area contributed by atoms with Crippen molar-refractivity contribution in [2.75, 3.05) is 128 Å². The topological polar surface area (TPSA) is 497 Å². The molecule has 2 aliphatic heterocycles. The van der Waals surface area contributed by atoms with Gasteiger partial charge in [0, 0.05) is 95.5 Å². The molecule has 2 aromatic heterocycles. The number of hydrogen-bond acceptors (Lipinski definition) is 23. The second-order valence-corrected chi connectivity index (χ2v) is 27.6. The summed E-state index contributed by atoms with van der Waals surface area (Å²) in [4.78, 5) is 125. The van der Waals surface area contributed by atoms with E-state index in [2.05, 4.69) is 37.4 Å². The number of carbonyl (C=O) groups is 9. The lowest BCUT2D eigenvalue weighted by Gasteiger charge is -2.33. The zero-order valence-electron chi connectivity index (χ0n) is 50.5. The number of nitrogens with one attached hydrogen (secondary N) is 7. The van der Waals surface area contributed by atoms with Crippen LogP contribution in [0.5, 0.6) is 5.75 Å². The quantitative estimate of drug-likeness (QED) is 0.0205. The largest absolute Gasteiger partial charge is 0.494 e. The maximum absolute atomic E-state index is 13.6. The molecule has 38 heteroatoms. The molecule has 0 bridgehead atoms. The number of aromatic nitrogens is 1. The Balaban J connectivity index is 1.08. The molecule has 92 heavy (non-hydrogen) atoms. The maximum atomic E-state index is 13.6. The van der Waals surface area contributed by atoms with E-state index in [9.17, 15) is 97.9 Å². The zero-order valence-corrected chi connectivity index (χ0v) is 53.7. The lowest BCUT2D eigenvalue weighted by atomic mass is 10.1. The number of aliphatic carboxylic acids is 4. The highest BCUT2D eigenvalue weighted by molar-refractivity contribution is 7.89. The van der Waals surface area contributed by atoms with E-state index < -0.39 is 153 Å². The van der Waals surface area contributed by atoms with E-state index in [0.717, 1.165) is 35.8 Å². The molecule has 1 aromatic carbocycles. The standard InChI is InChI=1S/C54H78N12O22S4/c1-34-25-38(26-35(2)49(34)92(86,87)62-40(54(78)79)27-58-53(77)43-12-11-39(89-43)10-9-37-8-7-36-5-3-13-56-50(36)59-37)88-24-4-6-44(67)55-14-15-57-51(75)41(32-90(80,81)82)61-52(76)42(33-91(83,84)85)60-45(68)28-63-16-18-64(29-46(69)70)20-22-66(31-48(73)74)23-21-65(19-17-63)30-47(71)72/h7-8,11-12,25-26,40-42,62H,3-6,9-10,13-24,27-33H2,1-2H3,(H,55,67)(H,56,59)(H,57,75)(H,58,77)(H,60,68)(H,61,76)(H,69,70)(H,71,72)(H,73,74)(H,78,79)(H,80,81,82)(H,83,84,85)/t40-,41-,42?/m0/s1. The molecule has 0 aliphatic carbocycles. The van der Waals surface area contributed by atoms with Crippen LogP contribution in [-0.2, 0) is 87.9 Å². The van der Waals surface area contributed by atoms with Crippen LogP contribution in [0.3, 0.4) is 0 Å². The van der Waals surface area contributed by atoms with Crippen LogP contribution in [0.2, 0.25) is 0 Å². The number of thiophene rings is 1. The first-order valence-electron chi connectivity index (χ1n) is 28.9. The Labute approximate surface area is 534 Å². The number of aryl methyl sites for hydroxylation is 5. The molecule has 1 saturated heterocycles. The van der Waals surface area contributed by atoms with Crippen molar-refractivity contribution in [1.82, 2.24) is 55.9 Å². The molecule has 13 N–H and O–H groups in total. The molecule has 5 rings (SSSR count). The number of carboxylic acid groups (broad SMARTS) is 4. The van der Waals surface area contributed by atoms with Gasteiger partial charge in [0.25, 0.3) is 26.1 Å². The van der Waals surface area contributed by atoms with Gasteiger partial charge in [-0.3, -0.25) is 71.9 Å². The van der Waals surface area contributed by atoms with Crippen molar-refractivity contribution in [3.05, 3.63) is 68.5 Å². The Kier molecular flexibility index (Phi) is 29.0. The first-order chi connectivity index (χ1) is 43.2. The van der Waals surface area contributed by atoms with E-state index in [1.165, 1.54) is 62.5 Å². The monoisotopic (exact) mass is 1370 g/mol. The summed E-state index contributed by atoms with van der Waals surface area (Å²) < 4.78 is 103. The minimum atomic E-state index is -5.11.